The van der Waals surface area contributed by atoms with Gasteiger partial charge in [-0.3, -0.25) is 4.79 Å². The highest BCUT2D eigenvalue weighted by Gasteiger charge is 2.50. The lowest BCUT2D eigenvalue weighted by Gasteiger charge is -2.56. The van der Waals surface area contributed by atoms with E-state index >= 15 is 0 Å². The van der Waals surface area contributed by atoms with E-state index in [1.54, 1.807) is 7.11 Å². The summed E-state index contributed by atoms with van der Waals surface area (Å²) in [5.74, 6) is 3.92. The Labute approximate surface area is 163 Å². The SMILES string of the molecule is COc1ccc(C)cc1C[NH+](C)CC(=O)NCC12CC3CC(CC(C3)C1)C2. The third kappa shape index (κ3) is 4.16. The Morgan fingerprint density at radius 3 is 2.41 bits per heavy atom. The van der Waals surface area contributed by atoms with Crippen molar-refractivity contribution in [3.63, 3.8) is 0 Å². The molecule has 0 spiro atoms. The molecule has 2 N–H and O–H groups in total. The zero-order valence-corrected chi connectivity index (χ0v) is 17.1. The van der Waals surface area contributed by atoms with Gasteiger partial charge in [0.1, 0.15) is 12.3 Å². The molecule has 27 heavy (non-hydrogen) atoms. The summed E-state index contributed by atoms with van der Waals surface area (Å²) >= 11 is 0. The van der Waals surface area contributed by atoms with Crippen molar-refractivity contribution in [3.8, 4) is 5.75 Å². The first-order valence-electron chi connectivity index (χ1n) is 10.7. The summed E-state index contributed by atoms with van der Waals surface area (Å²) < 4.78 is 5.48. The van der Waals surface area contributed by atoms with Gasteiger partial charge in [0.2, 0.25) is 0 Å². The minimum absolute atomic E-state index is 0.190. The summed E-state index contributed by atoms with van der Waals surface area (Å²) in [6, 6.07) is 6.25. The van der Waals surface area contributed by atoms with Crippen molar-refractivity contribution in [3.05, 3.63) is 29.3 Å². The molecule has 0 radical (unpaired) electrons. The highest BCUT2D eigenvalue weighted by Crippen LogP contribution is 2.59. The van der Waals surface area contributed by atoms with Crippen molar-refractivity contribution >= 4 is 5.91 Å². The zero-order valence-electron chi connectivity index (χ0n) is 17.1. The number of quaternary nitrogens is 1. The van der Waals surface area contributed by atoms with E-state index < -0.39 is 0 Å². The Kier molecular flexibility index (Phi) is 5.19. The van der Waals surface area contributed by atoms with E-state index in [0.29, 0.717) is 12.0 Å². The van der Waals surface area contributed by atoms with E-state index in [4.69, 9.17) is 4.74 Å². The van der Waals surface area contributed by atoms with E-state index in [0.717, 1.165) is 36.6 Å². The molecule has 1 aromatic carbocycles. The molecule has 4 saturated carbocycles. The summed E-state index contributed by atoms with van der Waals surface area (Å²) in [5.41, 5.74) is 2.81. The first kappa shape index (κ1) is 18.8. The smallest absolute Gasteiger partial charge is 0.275 e. The third-order valence-electron chi connectivity index (χ3n) is 7.22. The molecule has 1 atom stereocenters. The van der Waals surface area contributed by atoms with Crippen LogP contribution >= 0.6 is 0 Å². The minimum Gasteiger partial charge on any atom is -0.496 e. The number of likely N-dealkylation sites (N-methyl/N-ethyl adjacent to an activating group) is 1. The molecule has 5 rings (SSSR count). The fourth-order valence-electron chi connectivity index (χ4n) is 6.56. The molecule has 0 heterocycles. The Balaban J connectivity index is 1.29. The van der Waals surface area contributed by atoms with Crippen LogP contribution in [0.25, 0.3) is 0 Å². The molecule has 4 aliphatic carbocycles. The number of hydrogen-bond donors (Lipinski definition) is 2. The fourth-order valence-corrected chi connectivity index (χ4v) is 6.56. The van der Waals surface area contributed by atoms with Crippen LogP contribution in [0.1, 0.15) is 49.7 Å². The molecular weight excluding hydrogens is 336 g/mol. The van der Waals surface area contributed by atoms with E-state index in [9.17, 15) is 4.79 Å². The van der Waals surface area contributed by atoms with Crippen LogP contribution in [-0.2, 0) is 11.3 Å². The second-order valence-electron chi connectivity index (χ2n) is 9.82. The van der Waals surface area contributed by atoms with Gasteiger partial charge in [-0.25, -0.2) is 0 Å². The van der Waals surface area contributed by atoms with Crippen LogP contribution in [-0.4, -0.2) is 33.2 Å². The number of carbonyl (C=O) groups is 1. The fraction of sp³-hybridized carbons (Fsp3) is 0.696. The molecule has 4 heteroatoms. The highest BCUT2D eigenvalue weighted by molar-refractivity contribution is 5.76. The van der Waals surface area contributed by atoms with Crippen LogP contribution in [0, 0.1) is 30.1 Å². The molecule has 0 aliphatic heterocycles. The number of aryl methyl sites for hydroxylation is 1. The highest BCUT2D eigenvalue weighted by atomic mass is 16.5. The Morgan fingerprint density at radius 2 is 1.81 bits per heavy atom. The lowest BCUT2D eigenvalue weighted by atomic mass is 9.49. The molecule has 1 aromatic rings. The third-order valence-corrected chi connectivity index (χ3v) is 7.22. The summed E-state index contributed by atoms with van der Waals surface area (Å²) in [4.78, 5) is 13.8. The van der Waals surface area contributed by atoms with Crippen LogP contribution in [0.2, 0.25) is 0 Å². The van der Waals surface area contributed by atoms with Crippen molar-refractivity contribution in [1.82, 2.24) is 5.32 Å². The lowest BCUT2D eigenvalue weighted by molar-refractivity contribution is -0.885. The molecule has 1 amide bonds. The van der Waals surface area contributed by atoms with Crippen LogP contribution < -0.4 is 15.0 Å². The van der Waals surface area contributed by atoms with Crippen LogP contribution in [0.5, 0.6) is 5.75 Å². The van der Waals surface area contributed by atoms with Crippen molar-refractivity contribution < 1.29 is 14.4 Å². The maximum atomic E-state index is 12.6. The minimum atomic E-state index is 0.190. The van der Waals surface area contributed by atoms with Gasteiger partial charge >= 0.3 is 0 Å². The topological polar surface area (TPSA) is 42.8 Å². The van der Waals surface area contributed by atoms with Crippen molar-refractivity contribution in [1.29, 1.82) is 0 Å². The number of methoxy groups -OCH3 is 1. The molecule has 4 nitrogen and oxygen atoms in total. The lowest BCUT2D eigenvalue weighted by Crippen LogP contribution is -3.08. The number of hydrogen-bond acceptors (Lipinski definition) is 2. The Bertz CT molecular complexity index is 664. The molecule has 1 unspecified atom stereocenters. The van der Waals surface area contributed by atoms with Gasteiger partial charge in [0, 0.05) is 12.1 Å². The van der Waals surface area contributed by atoms with Gasteiger partial charge in [0.05, 0.1) is 14.2 Å². The summed E-state index contributed by atoms with van der Waals surface area (Å²) in [5, 5.41) is 3.31. The summed E-state index contributed by atoms with van der Waals surface area (Å²) in [7, 11) is 3.80. The van der Waals surface area contributed by atoms with Gasteiger partial charge in [-0.1, -0.05) is 11.6 Å². The van der Waals surface area contributed by atoms with E-state index in [1.165, 1.54) is 54.6 Å². The number of carbonyl (C=O) groups excluding carboxylic acids is 1. The quantitative estimate of drug-likeness (QED) is 0.773. The average Bonchev–Trinajstić information content (AvgIpc) is 2.59. The Morgan fingerprint density at radius 1 is 1.19 bits per heavy atom. The largest absolute Gasteiger partial charge is 0.496 e. The molecule has 4 bridgehead atoms. The standard InChI is InChI=1S/C23H34N2O2/c1-16-4-5-21(27-3)20(6-16)13-25(2)14-22(26)24-15-23-10-17-7-18(11-23)9-19(8-17)12-23/h4-6,17-19H,7-15H2,1-3H3,(H,24,26)/p+1. The summed E-state index contributed by atoms with van der Waals surface area (Å²) in [6.07, 6.45) is 8.42. The van der Waals surface area contributed by atoms with Crippen LogP contribution in [0.3, 0.4) is 0 Å². The number of rotatable bonds is 7. The second-order valence-corrected chi connectivity index (χ2v) is 9.82. The molecular formula is C23H35N2O2+. The monoisotopic (exact) mass is 371 g/mol. The predicted octanol–water partition coefficient (Wildman–Crippen LogP) is 2.35. The first-order valence-corrected chi connectivity index (χ1v) is 10.7. The normalized spacial score (nSPS) is 32.3. The van der Waals surface area contributed by atoms with Gasteiger partial charge in [-0.05, 0) is 80.8 Å². The maximum absolute atomic E-state index is 12.6. The van der Waals surface area contributed by atoms with E-state index in [2.05, 4.69) is 31.4 Å². The van der Waals surface area contributed by atoms with Gasteiger partial charge in [0.15, 0.2) is 6.54 Å². The van der Waals surface area contributed by atoms with E-state index in [-0.39, 0.29) is 5.91 Å². The number of benzene rings is 1. The zero-order chi connectivity index (χ0) is 19.0. The number of ether oxygens (including phenoxy) is 1. The number of amides is 1. The predicted molar refractivity (Wildman–Crippen MR) is 107 cm³/mol. The molecule has 4 fully saturated rings. The number of nitrogens with one attached hydrogen (secondary N) is 2. The Hall–Kier alpha value is -1.55. The summed E-state index contributed by atoms with van der Waals surface area (Å²) in [6.45, 7) is 4.31. The molecule has 148 valence electrons. The van der Waals surface area contributed by atoms with Gasteiger partial charge < -0.3 is 15.0 Å². The average molecular weight is 372 g/mol. The van der Waals surface area contributed by atoms with Gasteiger partial charge in [-0.15, -0.1) is 0 Å². The second kappa shape index (κ2) is 7.46. The van der Waals surface area contributed by atoms with Crippen LogP contribution in [0.4, 0.5) is 0 Å². The van der Waals surface area contributed by atoms with Crippen molar-refractivity contribution in [2.24, 2.45) is 23.2 Å². The maximum Gasteiger partial charge on any atom is 0.275 e. The van der Waals surface area contributed by atoms with Gasteiger partial charge in [-0.2, -0.15) is 0 Å². The van der Waals surface area contributed by atoms with Crippen LogP contribution in [0.15, 0.2) is 18.2 Å². The van der Waals surface area contributed by atoms with E-state index in [1.807, 2.05) is 6.07 Å². The molecule has 0 aromatic heterocycles. The molecule has 0 saturated heterocycles. The molecule has 4 aliphatic rings. The van der Waals surface area contributed by atoms with Gasteiger partial charge in [0.25, 0.3) is 5.91 Å². The van der Waals surface area contributed by atoms with Crippen molar-refractivity contribution in [2.45, 2.75) is 52.0 Å². The first-order chi connectivity index (χ1) is 12.9. The van der Waals surface area contributed by atoms with Crippen molar-refractivity contribution in [2.75, 3.05) is 27.2 Å².